The third-order valence-electron chi connectivity index (χ3n) is 4.85. The van der Waals surface area contributed by atoms with Gasteiger partial charge in [-0.05, 0) is 41.5 Å². The van der Waals surface area contributed by atoms with Crippen LogP contribution < -0.4 is 5.32 Å². The Morgan fingerprint density at radius 3 is 2.39 bits per heavy atom. The number of rotatable bonds is 7. The van der Waals surface area contributed by atoms with Crippen LogP contribution in [-0.2, 0) is 16.0 Å². The molecule has 1 aliphatic rings. The molecule has 10 nitrogen and oxygen atoms in total. The van der Waals surface area contributed by atoms with E-state index in [1.54, 1.807) is 6.92 Å². The van der Waals surface area contributed by atoms with Gasteiger partial charge >= 0.3 is 11.8 Å². The van der Waals surface area contributed by atoms with Gasteiger partial charge in [0.2, 0.25) is 0 Å². The second-order valence-corrected chi connectivity index (χ2v) is 6.91. The normalized spacial score (nSPS) is 16.0. The van der Waals surface area contributed by atoms with Crippen molar-refractivity contribution < 1.29 is 19.4 Å². The number of esters is 1. The monoisotopic (exact) mass is 424 g/mol. The SMILES string of the molecule is CC1=C(C(=O)OCCc2ccccc2)C(c2cccc([N+](=O)[O-])n2)C([N+](=O)[O-])=C(C)N1. The Balaban J connectivity index is 1.94. The average Bonchev–Trinajstić information content (AvgIpc) is 2.73. The molecule has 0 radical (unpaired) electrons. The van der Waals surface area contributed by atoms with Gasteiger partial charge in [-0.1, -0.05) is 30.3 Å². The molecule has 1 N–H and O–H groups in total. The molecule has 1 unspecified atom stereocenters. The first-order valence-electron chi connectivity index (χ1n) is 9.45. The Bertz CT molecular complexity index is 1090. The summed E-state index contributed by atoms with van der Waals surface area (Å²) in [5.74, 6) is -2.42. The molecule has 31 heavy (non-hydrogen) atoms. The molecule has 2 aromatic rings. The number of hydrogen-bond acceptors (Lipinski definition) is 8. The fraction of sp³-hybridized carbons (Fsp3) is 0.238. The number of allylic oxidation sites excluding steroid dienone is 3. The van der Waals surface area contributed by atoms with Crippen LogP contribution in [0.3, 0.4) is 0 Å². The summed E-state index contributed by atoms with van der Waals surface area (Å²) in [5.41, 5.74) is 1.28. The Morgan fingerprint density at radius 1 is 1.03 bits per heavy atom. The zero-order chi connectivity index (χ0) is 22.5. The Morgan fingerprint density at radius 2 is 1.74 bits per heavy atom. The first-order valence-corrected chi connectivity index (χ1v) is 9.45. The van der Waals surface area contributed by atoms with E-state index in [0.717, 1.165) is 5.56 Å². The lowest BCUT2D eigenvalue weighted by atomic mass is 9.87. The van der Waals surface area contributed by atoms with Gasteiger partial charge in [0.05, 0.1) is 22.8 Å². The second-order valence-electron chi connectivity index (χ2n) is 6.91. The number of nitro groups is 2. The molecule has 0 saturated carbocycles. The summed E-state index contributed by atoms with van der Waals surface area (Å²) < 4.78 is 5.40. The van der Waals surface area contributed by atoms with E-state index in [-0.39, 0.29) is 29.3 Å². The largest absolute Gasteiger partial charge is 0.462 e. The van der Waals surface area contributed by atoms with Crippen LogP contribution in [0.1, 0.15) is 31.0 Å². The van der Waals surface area contributed by atoms with Crippen LogP contribution in [0.25, 0.3) is 0 Å². The maximum absolute atomic E-state index is 12.9. The fourth-order valence-electron chi connectivity index (χ4n) is 3.47. The molecule has 10 heteroatoms. The predicted molar refractivity (Wildman–Crippen MR) is 110 cm³/mol. The van der Waals surface area contributed by atoms with E-state index in [2.05, 4.69) is 10.3 Å². The van der Waals surface area contributed by atoms with E-state index in [1.807, 2.05) is 30.3 Å². The van der Waals surface area contributed by atoms with Gasteiger partial charge < -0.3 is 20.2 Å². The van der Waals surface area contributed by atoms with Crippen molar-refractivity contribution >= 4 is 11.8 Å². The maximum Gasteiger partial charge on any atom is 0.363 e. The van der Waals surface area contributed by atoms with Crippen LogP contribution in [-0.4, -0.2) is 27.4 Å². The van der Waals surface area contributed by atoms with Crippen molar-refractivity contribution in [3.8, 4) is 0 Å². The number of dihydropyridines is 1. The summed E-state index contributed by atoms with van der Waals surface area (Å²) >= 11 is 0. The number of ether oxygens (including phenoxy) is 1. The lowest BCUT2D eigenvalue weighted by molar-refractivity contribution is -0.431. The van der Waals surface area contributed by atoms with Crippen molar-refractivity contribution in [3.63, 3.8) is 0 Å². The van der Waals surface area contributed by atoms with Crippen molar-refractivity contribution in [1.29, 1.82) is 0 Å². The molecule has 0 aliphatic carbocycles. The molecular weight excluding hydrogens is 404 g/mol. The number of aromatic nitrogens is 1. The fourth-order valence-corrected chi connectivity index (χ4v) is 3.47. The van der Waals surface area contributed by atoms with Gasteiger partial charge in [-0.3, -0.25) is 10.1 Å². The van der Waals surface area contributed by atoms with E-state index in [1.165, 1.54) is 25.1 Å². The molecule has 1 aromatic carbocycles. The van der Waals surface area contributed by atoms with Gasteiger partial charge in [-0.15, -0.1) is 0 Å². The molecule has 160 valence electrons. The Labute approximate surface area is 177 Å². The van der Waals surface area contributed by atoms with Gasteiger partial charge in [0, 0.05) is 18.2 Å². The van der Waals surface area contributed by atoms with E-state index < -0.39 is 27.6 Å². The zero-order valence-electron chi connectivity index (χ0n) is 16.9. The van der Waals surface area contributed by atoms with Crippen LogP contribution in [0.15, 0.2) is 71.2 Å². The first kappa shape index (κ1) is 21.6. The highest BCUT2D eigenvalue weighted by Gasteiger charge is 2.44. The lowest BCUT2D eigenvalue weighted by Gasteiger charge is -2.24. The molecule has 3 rings (SSSR count). The topological polar surface area (TPSA) is 138 Å². The van der Waals surface area contributed by atoms with Crippen molar-refractivity contribution in [1.82, 2.24) is 10.3 Å². The highest BCUT2D eigenvalue weighted by atomic mass is 16.6. The van der Waals surface area contributed by atoms with Crippen LogP contribution >= 0.6 is 0 Å². The van der Waals surface area contributed by atoms with Gasteiger partial charge in [-0.2, -0.15) is 0 Å². The van der Waals surface area contributed by atoms with E-state index in [0.29, 0.717) is 12.1 Å². The summed E-state index contributed by atoms with van der Waals surface area (Å²) in [4.78, 5) is 38.6. The molecule has 1 aliphatic heterocycles. The Kier molecular flexibility index (Phi) is 6.39. The zero-order valence-corrected chi connectivity index (χ0v) is 16.9. The van der Waals surface area contributed by atoms with Crippen LogP contribution in [0.4, 0.5) is 5.82 Å². The minimum absolute atomic E-state index is 0.00152. The van der Waals surface area contributed by atoms with E-state index in [4.69, 9.17) is 4.74 Å². The number of carbonyl (C=O) groups is 1. The summed E-state index contributed by atoms with van der Waals surface area (Å²) in [5, 5.41) is 25.8. The molecule has 1 aromatic heterocycles. The highest BCUT2D eigenvalue weighted by molar-refractivity contribution is 5.92. The van der Waals surface area contributed by atoms with Crippen LogP contribution in [0.2, 0.25) is 0 Å². The van der Waals surface area contributed by atoms with Crippen LogP contribution in [0, 0.1) is 20.2 Å². The van der Waals surface area contributed by atoms with Crippen molar-refractivity contribution in [2.24, 2.45) is 0 Å². The first-order chi connectivity index (χ1) is 14.8. The van der Waals surface area contributed by atoms with Crippen molar-refractivity contribution in [2.75, 3.05) is 6.61 Å². The second kappa shape index (κ2) is 9.16. The molecule has 0 spiro atoms. The smallest absolute Gasteiger partial charge is 0.363 e. The Hall–Kier alpha value is -4.08. The van der Waals surface area contributed by atoms with Gasteiger partial charge in [0.15, 0.2) is 11.6 Å². The molecular formula is C21H20N4O6. The number of hydrogen-bond donors (Lipinski definition) is 1. The molecule has 0 saturated heterocycles. The number of pyridine rings is 1. The third kappa shape index (κ3) is 4.74. The third-order valence-corrected chi connectivity index (χ3v) is 4.85. The molecule has 1 atom stereocenters. The van der Waals surface area contributed by atoms with Gasteiger partial charge in [-0.25, -0.2) is 4.79 Å². The van der Waals surface area contributed by atoms with Crippen molar-refractivity contribution in [2.45, 2.75) is 26.2 Å². The summed E-state index contributed by atoms with van der Waals surface area (Å²) in [6.07, 6.45) is 0.475. The van der Waals surface area contributed by atoms with E-state index in [9.17, 15) is 25.0 Å². The lowest BCUT2D eigenvalue weighted by Crippen LogP contribution is -2.32. The summed E-state index contributed by atoms with van der Waals surface area (Å²) in [7, 11) is 0. The quantitative estimate of drug-likeness (QED) is 0.406. The molecule has 0 amide bonds. The minimum atomic E-state index is -1.21. The molecule has 2 heterocycles. The number of nitrogens with one attached hydrogen (secondary N) is 1. The summed E-state index contributed by atoms with van der Waals surface area (Å²) in [6, 6.07) is 13.4. The predicted octanol–water partition coefficient (Wildman–Crippen LogP) is 3.24. The standard InChI is InChI=1S/C21H20N4O6/c1-13-18(21(26)31-12-11-15-7-4-3-5-8-15)19(20(25(29)30)14(2)22-13)16-9-6-10-17(23-16)24(27)28/h3-10,19,22H,11-12H2,1-2H3. The number of nitrogens with zero attached hydrogens (tertiary/aromatic N) is 3. The molecule has 0 fully saturated rings. The average molecular weight is 424 g/mol. The number of benzene rings is 1. The summed E-state index contributed by atoms with van der Waals surface area (Å²) in [6.45, 7) is 3.17. The van der Waals surface area contributed by atoms with Crippen molar-refractivity contribution in [3.05, 3.63) is 103 Å². The molecule has 0 bridgehead atoms. The van der Waals surface area contributed by atoms with Crippen LogP contribution in [0.5, 0.6) is 0 Å². The maximum atomic E-state index is 12.9. The minimum Gasteiger partial charge on any atom is -0.462 e. The number of carbonyl (C=O) groups excluding carboxylic acids is 1. The highest BCUT2D eigenvalue weighted by Crippen LogP contribution is 2.38. The van der Waals surface area contributed by atoms with Gasteiger partial charge in [0.1, 0.15) is 0 Å². The van der Waals surface area contributed by atoms with E-state index >= 15 is 0 Å². The van der Waals surface area contributed by atoms with Gasteiger partial charge in [0.25, 0.3) is 5.70 Å².